The number of carbonyl (C=O) groups is 1. The van der Waals surface area contributed by atoms with Crippen LogP contribution in [0.4, 0.5) is 15.2 Å². The molecule has 3 aromatic carbocycles. The second kappa shape index (κ2) is 12.9. The van der Waals surface area contributed by atoms with Gasteiger partial charge in [0.1, 0.15) is 5.82 Å². The third-order valence-electron chi connectivity index (χ3n) is 6.51. The molecule has 0 aliphatic rings. The Kier molecular flexibility index (Phi) is 10.1. The van der Waals surface area contributed by atoms with Gasteiger partial charge in [0.25, 0.3) is 15.9 Å². The van der Waals surface area contributed by atoms with Gasteiger partial charge in [-0.3, -0.25) is 14.4 Å². The van der Waals surface area contributed by atoms with E-state index < -0.39 is 15.8 Å². The molecular formula is C28H32ClFN4O3S2. The van der Waals surface area contributed by atoms with Crippen molar-refractivity contribution in [1.82, 2.24) is 9.88 Å². The average molecular weight is 591 g/mol. The number of amides is 1. The van der Waals surface area contributed by atoms with E-state index >= 15 is 0 Å². The van der Waals surface area contributed by atoms with Gasteiger partial charge >= 0.3 is 0 Å². The molecule has 0 radical (unpaired) electrons. The van der Waals surface area contributed by atoms with Gasteiger partial charge in [0.15, 0.2) is 5.13 Å². The number of likely N-dealkylation sites (N-methyl/N-ethyl adjacent to an activating group) is 1. The molecule has 11 heteroatoms. The van der Waals surface area contributed by atoms with Crippen molar-refractivity contribution < 1.29 is 17.6 Å². The van der Waals surface area contributed by atoms with E-state index in [2.05, 4.69) is 36.5 Å². The van der Waals surface area contributed by atoms with E-state index in [9.17, 15) is 17.6 Å². The van der Waals surface area contributed by atoms with Gasteiger partial charge in [-0.15, -0.1) is 12.4 Å². The van der Waals surface area contributed by atoms with Crippen LogP contribution in [-0.4, -0.2) is 50.4 Å². The van der Waals surface area contributed by atoms with Gasteiger partial charge in [-0.05, 0) is 98.7 Å². The number of fused-ring (bicyclic) bond motifs is 1. The lowest BCUT2D eigenvalue weighted by Crippen LogP contribution is -2.38. The highest BCUT2D eigenvalue weighted by Gasteiger charge is 2.23. The van der Waals surface area contributed by atoms with Gasteiger partial charge in [0, 0.05) is 24.3 Å². The molecule has 0 fully saturated rings. The van der Waals surface area contributed by atoms with Crippen LogP contribution >= 0.6 is 23.7 Å². The zero-order chi connectivity index (χ0) is 27.4. The second-order valence-electron chi connectivity index (χ2n) is 9.02. The van der Waals surface area contributed by atoms with Gasteiger partial charge in [0.2, 0.25) is 0 Å². The van der Waals surface area contributed by atoms with Crippen LogP contribution < -0.4 is 9.62 Å². The lowest BCUT2D eigenvalue weighted by atomic mass is 10.1. The van der Waals surface area contributed by atoms with Crippen molar-refractivity contribution in [1.29, 1.82) is 0 Å². The summed E-state index contributed by atoms with van der Waals surface area (Å²) < 4.78 is 42.0. The molecule has 0 aliphatic carbocycles. The van der Waals surface area contributed by atoms with E-state index in [0.29, 0.717) is 29.5 Å². The lowest BCUT2D eigenvalue weighted by Gasteiger charge is -2.24. The molecule has 208 valence electrons. The minimum atomic E-state index is -3.89. The highest BCUT2D eigenvalue weighted by Crippen LogP contribution is 2.32. The Balaban J connectivity index is 0.00000420. The Labute approximate surface area is 239 Å². The normalized spacial score (nSPS) is 11.4. The fraction of sp³-hybridized carbons (Fsp3) is 0.286. The maximum atomic E-state index is 13.7. The van der Waals surface area contributed by atoms with Crippen LogP contribution in [0.2, 0.25) is 0 Å². The average Bonchev–Trinajstić information content (AvgIpc) is 3.29. The molecule has 1 aromatic heterocycles. The number of aryl methyl sites for hydroxylation is 2. The van der Waals surface area contributed by atoms with Crippen molar-refractivity contribution in [3.8, 4) is 0 Å². The predicted octanol–water partition coefficient (Wildman–Crippen LogP) is 6.26. The van der Waals surface area contributed by atoms with Gasteiger partial charge in [-0.25, -0.2) is 17.8 Å². The third-order valence-corrected chi connectivity index (χ3v) is 8.95. The van der Waals surface area contributed by atoms with Crippen molar-refractivity contribution in [2.45, 2.75) is 32.6 Å². The van der Waals surface area contributed by atoms with Crippen LogP contribution in [0.3, 0.4) is 0 Å². The van der Waals surface area contributed by atoms with Crippen LogP contribution in [-0.2, 0) is 10.0 Å². The van der Waals surface area contributed by atoms with E-state index in [1.165, 1.54) is 29.0 Å². The summed E-state index contributed by atoms with van der Waals surface area (Å²) in [6, 6.07) is 15.0. The van der Waals surface area contributed by atoms with Crippen molar-refractivity contribution in [2.75, 3.05) is 35.8 Å². The fourth-order valence-corrected chi connectivity index (χ4v) is 6.14. The van der Waals surface area contributed by atoms with E-state index in [0.717, 1.165) is 41.0 Å². The third kappa shape index (κ3) is 7.13. The molecular weight excluding hydrogens is 559 g/mol. The minimum Gasteiger partial charge on any atom is -0.302 e. The molecule has 0 spiro atoms. The fourth-order valence-electron chi connectivity index (χ4n) is 4.01. The van der Waals surface area contributed by atoms with Crippen molar-refractivity contribution in [3.05, 3.63) is 83.2 Å². The van der Waals surface area contributed by atoms with Gasteiger partial charge in [-0.2, -0.15) is 0 Å². The van der Waals surface area contributed by atoms with E-state index in [4.69, 9.17) is 4.98 Å². The molecule has 39 heavy (non-hydrogen) atoms. The zero-order valence-electron chi connectivity index (χ0n) is 22.3. The Hall–Kier alpha value is -3.05. The first-order chi connectivity index (χ1) is 18.1. The number of hydrogen-bond donors (Lipinski definition) is 1. The molecule has 0 bridgehead atoms. The summed E-state index contributed by atoms with van der Waals surface area (Å²) in [5, 5.41) is 0.628. The Morgan fingerprint density at radius 3 is 2.18 bits per heavy atom. The number of carbonyl (C=O) groups excluding carboxylic acids is 1. The Morgan fingerprint density at radius 1 is 0.949 bits per heavy atom. The molecule has 4 aromatic rings. The first-order valence-corrected chi connectivity index (χ1v) is 14.7. The smallest absolute Gasteiger partial charge is 0.261 e. The number of thiazole rings is 1. The quantitative estimate of drug-likeness (QED) is 0.236. The summed E-state index contributed by atoms with van der Waals surface area (Å²) in [6.07, 6.45) is 0. The lowest BCUT2D eigenvalue weighted by molar-refractivity contribution is 0.0984. The number of rotatable bonds is 10. The molecule has 4 rings (SSSR count). The summed E-state index contributed by atoms with van der Waals surface area (Å²) in [5.41, 5.74) is 3.90. The second-order valence-corrected chi connectivity index (χ2v) is 11.7. The topological polar surface area (TPSA) is 82.6 Å². The number of hydrogen-bond acceptors (Lipinski definition) is 6. The monoisotopic (exact) mass is 590 g/mol. The largest absolute Gasteiger partial charge is 0.302 e. The standard InChI is InChI=1S/C28H31FN4O3S2.ClH/c1-5-32(6-2)15-16-33(28-30-25-17-19(3)20(4)18-26(25)37-28)27(34)21-7-11-23(12-8-21)31-38(35,36)24-13-9-22(29)10-14-24;/h7-14,17-18,31H,5-6,15-16H2,1-4H3;1H. The number of nitrogens with one attached hydrogen (secondary N) is 1. The van der Waals surface area contributed by atoms with Crippen molar-refractivity contribution in [2.24, 2.45) is 0 Å². The summed E-state index contributed by atoms with van der Waals surface area (Å²) in [6.45, 7) is 11.2. The molecule has 0 saturated carbocycles. The number of anilines is 2. The van der Waals surface area contributed by atoms with Crippen LogP contribution in [0.15, 0.2) is 65.6 Å². The van der Waals surface area contributed by atoms with Crippen LogP contribution in [0.25, 0.3) is 10.2 Å². The molecule has 0 saturated heterocycles. The summed E-state index contributed by atoms with van der Waals surface area (Å²) >= 11 is 1.48. The van der Waals surface area contributed by atoms with Crippen molar-refractivity contribution in [3.63, 3.8) is 0 Å². The van der Waals surface area contributed by atoms with E-state index in [1.807, 2.05) is 13.0 Å². The summed E-state index contributed by atoms with van der Waals surface area (Å²) in [4.78, 5) is 22.4. The van der Waals surface area contributed by atoms with Crippen LogP contribution in [0, 0.1) is 19.7 Å². The first-order valence-electron chi connectivity index (χ1n) is 12.4. The number of benzene rings is 3. The summed E-state index contributed by atoms with van der Waals surface area (Å²) in [7, 11) is -3.89. The highest BCUT2D eigenvalue weighted by atomic mass is 35.5. The number of halogens is 2. The first kappa shape index (κ1) is 30.5. The van der Waals surface area contributed by atoms with Gasteiger partial charge < -0.3 is 4.90 Å². The molecule has 0 unspecified atom stereocenters. The molecule has 7 nitrogen and oxygen atoms in total. The SMILES string of the molecule is CCN(CC)CCN(C(=O)c1ccc(NS(=O)(=O)c2ccc(F)cc2)cc1)c1nc2cc(C)c(C)cc2s1.Cl. The molecule has 1 N–H and O–H groups in total. The van der Waals surface area contributed by atoms with Crippen LogP contribution in [0.5, 0.6) is 0 Å². The van der Waals surface area contributed by atoms with Gasteiger partial charge in [0.05, 0.1) is 15.1 Å². The predicted molar refractivity (Wildman–Crippen MR) is 159 cm³/mol. The Bertz CT molecular complexity index is 1500. The van der Waals surface area contributed by atoms with Gasteiger partial charge in [-0.1, -0.05) is 25.2 Å². The maximum absolute atomic E-state index is 13.7. The van der Waals surface area contributed by atoms with E-state index in [1.54, 1.807) is 29.2 Å². The molecule has 0 aliphatic heterocycles. The van der Waals surface area contributed by atoms with Crippen molar-refractivity contribution >= 4 is 60.7 Å². The molecule has 1 amide bonds. The van der Waals surface area contributed by atoms with Crippen LogP contribution in [0.1, 0.15) is 35.3 Å². The number of sulfonamides is 1. The Morgan fingerprint density at radius 2 is 1.56 bits per heavy atom. The summed E-state index contributed by atoms with van der Waals surface area (Å²) in [5.74, 6) is -0.728. The minimum absolute atomic E-state index is 0. The number of aromatic nitrogens is 1. The maximum Gasteiger partial charge on any atom is 0.261 e. The number of nitrogens with zero attached hydrogens (tertiary/aromatic N) is 3. The zero-order valence-corrected chi connectivity index (χ0v) is 24.7. The molecule has 1 heterocycles. The molecule has 0 atom stereocenters. The van der Waals surface area contributed by atoms with E-state index in [-0.39, 0.29) is 23.2 Å². The highest BCUT2D eigenvalue weighted by molar-refractivity contribution is 7.92.